The minimum atomic E-state index is -4.49. The van der Waals surface area contributed by atoms with Crippen LogP contribution in [0.15, 0.2) is 54.7 Å². The average Bonchev–Trinajstić information content (AvgIpc) is 2.72. The van der Waals surface area contributed by atoms with Gasteiger partial charge in [-0.3, -0.25) is 4.79 Å². The Morgan fingerprint density at radius 3 is 2.38 bits per heavy atom. The number of fused-ring (bicyclic) bond motifs is 1. The number of amides is 1. The smallest absolute Gasteiger partial charge is 0.352 e. The summed E-state index contributed by atoms with van der Waals surface area (Å²) in [5.41, 5.74) is -0.238. The number of aromatic nitrogens is 1. The minimum Gasteiger partial charge on any atom is -0.352 e. The van der Waals surface area contributed by atoms with Crippen molar-refractivity contribution in [2.24, 2.45) is 0 Å². The number of alkyl halides is 3. The van der Waals surface area contributed by atoms with Gasteiger partial charge in [0.1, 0.15) is 5.82 Å². The van der Waals surface area contributed by atoms with Gasteiger partial charge in [0, 0.05) is 37.9 Å². The molecule has 150 valence electrons. The zero-order valence-electron chi connectivity index (χ0n) is 15.3. The Morgan fingerprint density at radius 1 is 1.00 bits per heavy atom. The summed E-state index contributed by atoms with van der Waals surface area (Å²) in [5, 5.41) is 1.85. The molecule has 0 aliphatic carbocycles. The molecule has 2 aromatic carbocycles. The van der Waals surface area contributed by atoms with Crippen LogP contribution in [0.1, 0.15) is 15.9 Å². The number of carbonyl (C=O) groups is 1. The Bertz CT molecular complexity index is 1060. The van der Waals surface area contributed by atoms with E-state index in [1.165, 1.54) is 0 Å². The lowest BCUT2D eigenvalue weighted by molar-refractivity contribution is -0.137. The zero-order valence-corrected chi connectivity index (χ0v) is 16.0. The standard InChI is InChI=1S/C21H17ClF3N3O/c22-18-12-15(21(23,24)25)13-26-19(18)27-8-10-28(11-9-27)20(29)17-7-3-5-14-4-1-2-6-16(14)17/h1-7,12-13H,8-11H2. The van der Waals surface area contributed by atoms with E-state index >= 15 is 0 Å². The fourth-order valence-corrected chi connectivity index (χ4v) is 3.81. The SMILES string of the molecule is O=C(c1cccc2ccccc12)N1CCN(c2ncc(C(F)(F)F)cc2Cl)CC1. The van der Waals surface area contributed by atoms with Gasteiger partial charge in [-0.1, -0.05) is 48.0 Å². The van der Waals surface area contributed by atoms with Crippen LogP contribution >= 0.6 is 11.6 Å². The van der Waals surface area contributed by atoms with Gasteiger partial charge in [-0.15, -0.1) is 0 Å². The summed E-state index contributed by atoms with van der Waals surface area (Å²) in [6.07, 6.45) is -3.70. The van der Waals surface area contributed by atoms with E-state index in [1.807, 2.05) is 42.5 Å². The molecule has 1 aromatic heterocycles. The normalized spacial score (nSPS) is 15.0. The van der Waals surface area contributed by atoms with Crippen LogP contribution in [-0.4, -0.2) is 42.0 Å². The molecule has 0 atom stereocenters. The molecule has 0 radical (unpaired) electrons. The molecule has 1 aliphatic rings. The molecule has 1 fully saturated rings. The first-order chi connectivity index (χ1) is 13.8. The van der Waals surface area contributed by atoms with E-state index in [4.69, 9.17) is 11.6 Å². The Labute approximate surface area is 170 Å². The van der Waals surface area contributed by atoms with Crippen LogP contribution in [0.25, 0.3) is 10.8 Å². The number of benzene rings is 2. The molecule has 4 rings (SSSR count). The van der Waals surface area contributed by atoms with E-state index in [9.17, 15) is 18.0 Å². The van der Waals surface area contributed by atoms with E-state index in [1.54, 1.807) is 9.80 Å². The van der Waals surface area contributed by atoms with Crippen molar-refractivity contribution in [1.82, 2.24) is 9.88 Å². The van der Waals surface area contributed by atoms with Crippen LogP contribution in [0, 0.1) is 0 Å². The first kappa shape index (κ1) is 19.5. The highest BCUT2D eigenvalue weighted by molar-refractivity contribution is 6.33. The lowest BCUT2D eigenvalue weighted by Crippen LogP contribution is -2.49. The van der Waals surface area contributed by atoms with Crippen molar-refractivity contribution in [3.05, 3.63) is 70.9 Å². The monoisotopic (exact) mass is 419 g/mol. The van der Waals surface area contributed by atoms with Crippen molar-refractivity contribution in [1.29, 1.82) is 0 Å². The molecule has 1 amide bonds. The molecular formula is C21H17ClF3N3O. The van der Waals surface area contributed by atoms with Gasteiger partial charge in [0.25, 0.3) is 5.91 Å². The maximum Gasteiger partial charge on any atom is 0.417 e. The summed E-state index contributed by atoms with van der Waals surface area (Å²) in [5.74, 6) is 0.241. The third-order valence-corrected chi connectivity index (χ3v) is 5.31. The van der Waals surface area contributed by atoms with Gasteiger partial charge in [-0.2, -0.15) is 13.2 Å². The molecule has 8 heteroatoms. The van der Waals surface area contributed by atoms with Crippen molar-refractivity contribution in [3.8, 4) is 0 Å². The lowest BCUT2D eigenvalue weighted by Gasteiger charge is -2.36. The molecule has 0 unspecified atom stereocenters. The van der Waals surface area contributed by atoms with E-state index in [-0.39, 0.29) is 10.9 Å². The van der Waals surface area contributed by atoms with Crippen LogP contribution in [-0.2, 0) is 6.18 Å². The summed E-state index contributed by atoms with van der Waals surface area (Å²) >= 11 is 6.04. The van der Waals surface area contributed by atoms with Crippen LogP contribution in [0.2, 0.25) is 5.02 Å². The largest absolute Gasteiger partial charge is 0.417 e. The highest BCUT2D eigenvalue weighted by atomic mass is 35.5. The number of carbonyl (C=O) groups excluding carboxylic acids is 1. The average molecular weight is 420 g/mol. The molecule has 3 aromatic rings. The molecular weight excluding hydrogens is 403 g/mol. The van der Waals surface area contributed by atoms with Crippen LogP contribution in [0.3, 0.4) is 0 Å². The van der Waals surface area contributed by atoms with E-state index in [0.717, 1.165) is 23.0 Å². The minimum absolute atomic E-state index is 0.0475. The Balaban J connectivity index is 1.49. The summed E-state index contributed by atoms with van der Waals surface area (Å²) in [7, 11) is 0. The van der Waals surface area contributed by atoms with Crippen molar-refractivity contribution in [3.63, 3.8) is 0 Å². The highest BCUT2D eigenvalue weighted by Crippen LogP contribution is 2.33. The molecule has 2 heterocycles. The molecule has 0 bridgehead atoms. The maximum atomic E-state index is 13.0. The maximum absolute atomic E-state index is 13.0. The molecule has 1 saturated heterocycles. The Hall–Kier alpha value is -2.80. The Morgan fingerprint density at radius 2 is 1.69 bits per heavy atom. The molecule has 4 nitrogen and oxygen atoms in total. The number of nitrogens with zero attached hydrogens (tertiary/aromatic N) is 3. The highest BCUT2D eigenvalue weighted by Gasteiger charge is 2.32. The van der Waals surface area contributed by atoms with Crippen LogP contribution in [0.4, 0.5) is 19.0 Å². The van der Waals surface area contributed by atoms with Crippen molar-refractivity contribution >= 4 is 34.1 Å². The van der Waals surface area contributed by atoms with Gasteiger partial charge in [-0.05, 0) is 22.9 Å². The third-order valence-electron chi connectivity index (χ3n) is 5.04. The van der Waals surface area contributed by atoms with Gasteiger partial charge in [0.05, 0.1) is 10.6 Å². The third kappa shape index (κ3) is 3.87. The summed E-state index contributed by atoms with van der Waals surface area (Å²) in [6.45, 7) is 1.74. The van der Waals surface area contributed by atoms with Gasteiger partial charge >= 0.3 is 6.18 Å². The Kier molecular flexibility index (Phi) is 5.08. The molecule has 1 aliphatic heterocycles. The number of hydrogen-bond donors (Lipinski definition) is 0. The fourth-order valence-electron chi connectivity index (χ4n) is 3.52. The van der Waals surface area contributed by atoms with Gasteiger partial charge < -0.3 is 9.80 Å². The van der Waals surface area contributed by atoms with Crippen molar-refractivity contribution < 1.29 is 18.0 Å². The van der Waals surface area contributed by atoms with Gasteiger partial charge in [0.15, 0.2) is 0 Å². The summed E-state index contributed by atoms with van der Waals surface area (Å²) in [4.78, 5) is 20.5. The molecule has 0 N–H and O–H groups in total. The summed E-state index contributed by atoms with van der Waals surface area (Å²) < 4.78 is 38.4. The predicted octanol–water partition coefficient (Wildman–Crippen LogP) is 4.87. The topological polar surface area (TPSA) is 36.4 Å². The number of anilines is 1. The van der Waals surface area contributed by atoms with Crippen molar-refractivity contribution in [2.75, 3.05) is 31.1 Å². The van der Waals surface area contributed by atoms with E-state index in [0.29, 0.717) is 37.6 Å². The molecule has 29 heavy (non-hydrogen) atoms. The number of pyridine rings is 1. The van der Waals surface area contributed by atoms with Crippen LogP contribution < -0.4 is 4.90 Å². The van der Waals surface area contributed by atoms with E-state index < -0.39 is 11.7 Å². The summed E-state index contributed by atoms with van der Waals surface area (Å²) in [6, 6.07) is 14.2. The van der Waals surface area contributed by atoms with Crippen LogP contribution in [0.5, 0.6) is 0 Å². The van der Waals surface area contributed by atoms with Gasteiger partial charge in [-0.25, -0.2) is 4.98 Å². The second-order valence-corrected chi connectivity index (χ2v) is 7.24. The number of hydrogen-bond acceptors (Lipinski definition) is 3. The second kappa shape index (κ2) is 7.55. The number of rotatable bonds is 2. The number of halogens is 4. The second-order valence-electron chi connectivity index (χ2n) is 6.83. The van der Waals surface area contributed by atoms with Gasteiger partial charge in [0.2, 0.25) is 0 Å². The molecule has 0 spiro atoms. The quantitative estimate of drug-likeness (QED) is 0.594. The predicted molar refractivity (Wildman–Crippen MR) is 106 cm³/mol. The zero-order chi connectivity index (χ0) is 20.6. The first-order valence-corrected chi connectivity index (χ1v) is 9.47. The number of piperazine rings is 1. The van der Waals surface area contributed by atoms with Crippen molar-refractivity contribution in [2.45, 2.75) is 6.18 Å². The van der Waals surface area contributed by atoms with E-state index in [2.05, 4.69) is 4.98 Å². The molecule has 0 saturated carbocycles. The fraction of sp³-hybridized carbons (Fsp3) is 0.238. The first-order valence-electron chi connectivity index (χ1n) is 9.09. The lowest BCUT2D eigenvalue weighted by atomic mass is 10.0.